The van der Waals surface area contributed by atoms with Crippen LogP contribution in [0.3, 0.4) is 0 Å². The van der Waals surface area contributed by atoms with E-state index >= 15 is 0 Å². The number of aliphatic carboxylic acids is 1. The van der Waals surface area contributed by atoms with E-state index < -0.39 is 5.97 Å². The quantitative estimate of drug-likeness (QED) is 0.861. The third kappa shape index (κ3) is 3.32. The van der Waals surface area contributed by atoms with Crippen molar-refractivity contribution in [2.24, 2.45) is 5.92 Å². The fourth-order valence-corrected chi connectivity index (χ4v) is 2.46. The minimum Gasteiger partial charge on any atom is -0.481 e. The van der Waals surface area contributed by atoms with Crippen molar-refractivity contribution in [2.75, 3.05) is 18.4 Å². The van der Waals surface area contributed by atoms with Crippen LogP contribution in [0, 0.1) is 5.92 Å². The number of carboxylic acids is 1. The molecule has 2 N–H and O–H groups in total. The first-order valence-corrected chi connectivity index (χ1v) is 6.39. The lowest BCUT2D eigenvalue weighted by atomic mass is 10.0. The number of benzene rings is 1. The van der Waals surface area contributed by atoms with Crippen molar-refractivity contribution in [2.45, 2.75) is 19.4 Å². The van der Waals surface area contributed by atoms with Gasteiger partial charge in [0, 0.05) is 11.7 Å². The van der Waals surface area contributed by atoms with Gasteiger partial charge in [-0.2, -0.15) is 0 Å². The first-order valence-electron chi connectivity index (χ1n) is 6.39. The van der Waals surface area contributed by atoms with Crippen LogP contribution in [-0.2, 0) is 9.59 Å². The van der Waals surface area contributed by atoms with E-state index in [1.807, 2.05) is 42.2 Å². The van der Waals surface area contributed by atoms with Gasteiger partial charge in [0.2, 0.25) is 5.91 Å². The molecule has 0 spiro atoms. The Morgan fingerprint density at radius 3 is 2.63 bits per heavy atom. The van der Waals surface area contributed by atoms with Gasteiger partial charge in [0.25, 0.3) is 0 Å². The fourth-order valence-electron chi connectivity index (χ4n) is 2.46. The Morgan fingerprint density at radius 1 is 1.37 bits per heavy atom. The van der Waals surface area contributed by atoms with Crippen LogP contribution in [0.25, 0.3) is 0 Å². The van der Waals surface area contributed by atoms with Crippen LogP contribution in [-0.4, -0.2) is 41.0 Å². The second kappa shape index (κ2) is 5.84. The Balaban J connectivity index is 1.88. The van der Waals surface area contributed by atoms with E-state index in [-0.39, 0.29) is 24.4 Å². The summed E-state index contributed by atoms with van der Waals surface area (Å²) < 4.78 is 0. The molecule has 5 heteroatoms. The van der Waals surface area contributed by atoms with Crippen molar-refractivity contribution in [3.8, 4) is 0 Å². The summed E-state index contributed by atoms with van der Waals surface area (Å²) >= 11 is 0. The predicted molar refractivity (Wildman–Crippen MR) is 71.8 cm³/mol. The molecule has 2 atom stereocenters. The Kier molecular flexibility index (Phi) is 4.16. The Bertz CT molecular complexity index is 461. The lowest BCUT2D eigenvalue weighted by Gasteiger charge is -2.22. The van der Waals surface area contributed by atoms with E-state index in [2.05, 4.69) is 5.32 Å². The lowest BCUT2D eigenvalue weighted by Crippen LogP contribution is -2.38. The van der Waals surface area contributed by atoms with Crippen LogP contribution >= 0.6 is 0 Å². The van der Waals surface area contributed by atoms with Crippen LogP contribution in [0.5, 0.6) is 0 Å². The van der Waals surface area contributed by atoms with Crippen molar-refractivity contribution < 1.29 is 14.7 Å². The first kappa shape index (κ1) is 13.5. The Morgan fingerprint density at radius 2 is 2.05 bits per heavy atom. The van der Waals surface area contributed by atoms with Gasteiger partial charge in [0.15, 0.2) is 0 Å². The maximum Gasteiger partial charge on any atom is 0.308 e. The molecule has 1 heterocycles. The molecule has 1 amide bonds. The molecule has 0 aromatic heterocycles. The molecule has 5 nitrogen and oxygen atoms in total. The number of para-hydroxylation sites is 1. The molecule has 1 saturated heterocycles. The van der Waals surface area contributed by atoms with Crippen LogP contribution in [0.15, 0.2) is 30.3 Å². The van der Waals surface area contributed by atoms with Gasteiger partial charge in [0.1, 0.15) is 0 Å². The second-order valence-corrected chi connectivity index (χ2v) is 4.86. The highest BCUT2D eigenvalue weighted by atomic mass is 16.4. The molecule has 1 aliphatic heterocycles. The van der Waals surface area contributed by atoms with Gasteiger partial charge in [-0.3, -0.25) is 14.5 Å². The van der Waals surface area contributed by atoms with Gasteiger partial charge in [-0.25, -0.2) is 0 Å². The molecule has 0 bridgehead atoms. The zero-order chi connectivity index (χ0) is 13.8. The number of anilines is 1. The minimum atomic E-state index is -0.779. The molecule has 0 radical (unpaired) electrons. The third-order valence-corrected chi connectivity index (χ3v) is 3.61. The number of rotatable bonds is 4. The van der Waals surface area contributed by atoms with E-state index in [9.17, 15) is 9.59 Å². The molecule has 1 aromatic carbocycles. The van der Waals surface area contributed by atoms with Crippen LogP contribution in [0.1, 0.15) is 13.3 Å². The average molecular weight is 262 g/mol. The van der Waals surface area contributed by atoms with E-state index in [0.29, 0.717) is 13.0 Å². The molecule has 102 valence electrons. The largest absolute Gasteiger partial charge is 0.481 e. The van der Waals surface area contributed by atoms with Crippen molar-refractivity contribution >= 4 is 17.6 Å². The highest BCUT2D eigenvalue weighted by Crippen LogP contribution is 2.23. The maximum atomic E-state index is 11.9. The normalized spacial score (nSPS) is 23.2. The molecule has 0 aliphatic carbocycles. The summed E-state index contributed by atoms with van der Waals surface area (Å²) in [6.07, 6.45) is 0.606. The van der Waals surface area contributed by atoms with E-state index in [1.54, 1.807) is 0 Å². The maximum absolute atomic E-state index is 11.9. The number of amides is 1. The molecular formula is C14H18N2O3. The number of carbonyl (C=O) groups is 2. The monoisotopic (exact) mass is 262 g/mol. The predicted octanol–water partition coefficient (Wildman–Crippen LogP) is 1.42. The van der Waals surface area contributed by atoms with Crippen LogP contribution in [0.2, 0.25) is 0 Å². The summed E-state index contributed by atoms with van der Waals surface area (Å²) in [5.74, 6) is -1.26. The Hall–Kier alpha value is -1.88. The number of hydrogen-bond acceptors (Lipinski definition) is 3. The molecule has 0 saturated carbocycles. The molecule has 1 aromatic rings. The zero-order valence-electron chi connectivity index (χ0n) is 10.9. The fraction of sp³-hybridized carbons (Fsp3) is 0.429. The number of nitrogens with one attached hydrogen (secondary N) is 1. The summed E-state index contributed by atoms with van der Waals surface area (Å²) in [5, 5.41) is 11.8. The molecule has 1 fully saturated rings. The Labute approximate surface area is 112 Å². The van der Waals surface area contributed by atoms with Gasteiger partial charge in [-0.1, -0.05) is 18.2 Å². The van der Waals surface area contributed by atoms with Crippen molar-refractivity contribution in [1.82, 2.24) is 4.90 Å². The highest BCUT2D eigenvalue weighted by molar-refractivity contribution is 5.92. The average Bonchev–Trinajstić information content (AvgIpc) is 2.72. The highest BCUT2D eigenvalue weighted by Gasteiger charge is 2.36. The van der Waals surface area contributed by atoms with Crippen molar-refractivity contribution in [3.05, 3.63) is 30.3 Å². The molecule has 2 unspecified atom stereocenters. The van der Waals surface area contributed by atoms with E-state index in [1.165, 1.54) is 0 Å². The van der Waals surface area contributed by atoms with Gasteiger partial charge >= 0.3 is 5.97 Å². The summed E-state index contributed by atoms with van der Waals surface area (Å²) in [6, 6.07) is 9.15. The smallest absolute Gasteiger partial charge is 0.308 e. The zero-order valence-corrected chi connectivity index (χ0v) is 10.9. The lowest BCUT2D eigenvalue weighted by molar-refractivity contribution is -0.142. The summed E-state index contributed by atoms with van der Waals surface area (Å²) in [4.78, 5) is 24.8. The topological polar surface area (TPSA) is 69.6 Å². The van der Waals surface area contributed by atoms with Gasteiger partial charge in [-0.05, 0) is 32.0 Å². The number of nitrogens with zero attached hydrogens (tertiary/aromatic N) is 1. The van der Waals surface area contributed by atoms with Crippen LogP contribution in [0.4, 0.5) is 5.69 Å². The molecule has 2 rings (SSSR count). The van der Waals surface area contributed by atoms with Gasteiger partial charge in [-0.15, -0.1) is 0 Å². The standard InChI is InChI=1S/C14H18N2O3/c1-10-12(14(18)19)7-8-16(10)9-13(17)15-11-5-3-2-4-6-11/h2-6,10,12H,7-9H2,1H3,(H,15,17)(H,18,19). The number of hydrogen-bond donors (Lipinski definition) is 2. The van der Waals surface area contributed by atoms with Gasteiger partial charge < -0.3 is 10.4 Å². The van der Waals surface area contributed by atoms with Gasteiger partial charge in [0.05, 0.1) is 12.5 Å². The van der Waals surface area contributed by atoms with Crippen LogP contribution < -0.4 is 5.32 Å². The summed E-state index contributed by atoms with van der Waals surface area (Å²) in [5.41, 5.74) is 0.758. The number of likely N-dealkylation sites (tertiary alicyclic amines) is 1. The third-order valence-electron chi connectivity index (χ3n) is 3.61. The molecule has 1 aliphatic rings. The second-order valence-electron chi connectivity index (χ2n) is 4.86. The minimum absolute atomic E-state index is 0.0981. The molecule has 19 heavy (non-hydrogen) atoms. The molecular weight excluding hydrogens is 244 g/mol. The van der Waals surface area contributed by atoms with E-state index in [0.717, 1.165) is 5.69 Å². The van der Waals surface area contributed by atoms with E-state index in [4.69, 9.17) is 5.11 Å². The SMILES string of the molecule is CC1C(C(=O)O)CCN1CC(=O)Nc1ccccc1. The first-order chi connectivity index (χ1) is 9.08. The number of carbonyl (C=O) groups excluding carboxylic acids is 1. The summed E-state index contributed by atoms with van der Waals surface area (Å²) in [6.45, 7) is 2.75. The van der Waals surface area contributed by atoms with Crippen molar-refractivity contribution in [1.29, 1.82) is 0 Å². The number of carboxylic acid groups (broad SMARTS) is 1. The summed E-state index contributed by atoms with van der Waals surface area (Å²) in [7, 11) is 0. The van der Waals surface area contributed by atoms with Crippen molar-refractivity contribution in [3.63, 3.8) is 0 Å².